The molecule has 31 heavy (non-hydrogen) atoms. The first kappa shape index (κ1) is 21.6. The number of morpholine rings is 1. The third kappa shape index (κ3) is 5.97. The van der Waals surface area contributed by atoms with Crippen LogP contribution in [-0.2, 0) is 29.0 Å². The minimum Gasteiger partial charge on any atom is -0.379 e. The molecule has 3 aromatic rings. The van der Waals surface area contributed by atoms with Crippen molar-refractivity contribution in [1.29, 1.82) is 0 Å². The average molecular weight is 440 g/mol. The number of hydrogen-bond donors (Lipinski definition) is 1. The second-order valence-electron chi connectivity index (χ2n) is 7.67. The van der Waals surface area contributed by atoms with Crippen molar-refractivity contribution in [2.24, 2.45) is 0 Å². The second kappa shape index (κ2) is 10.1. The first-order chi connectivity index (χ1) is 15.1. The van der Waals surface area contributed by atoms with Crippen LogP contribution >= 0.6 is 11.3 Å². The number of amides is 1. The van der Waals surface area contributed by atoms with Crippen LogP contribution in [-0.4, -0.2) is 42.1 Å². The van der Waals surface area contributed by atoms with Crippen molar-refractivity contribution in [1.82, 2.24) is 15.2 Å². The van der Waals surface area contributed by atoms with Gasteiger partial charge in [0, 0.05) is 36.6 Å². The number of hydrogen-bond acceptors (Lipinski definition) is 5. The molecule has 2 heterocycles. The summed E-state index contributed by atoms with van der Waals surface area (Å²) in [5, 5.41) is 3.89. The molecule has 2 aromatic carbocycles. The van der Waals surface area contributed by atoms with E-state index in [1.165, 1.54) is 29.0 Å². The largest absolute Gasteiger partial charge is 0.379 e. The van der Waals surface area contributed by atoms with Gasteiger partial charge >= 0.3 is 0 Å². The Labute approximate surface area is 185 Å². The molecule has 0 radical (unpaired) electrons. The summed E-state index contributed by atoms with van der Waals surface area (Å²) in [4.78, 5) is 20.4. The Morgan fingerprint density at radius 2 is 1.77 bits per heavy atom. The fourth-order valence-corrected chi connectivity index (χ4v) is 4.57. The number of aromatic nitrogens is 1. The summed E-state index contributed by atoms with van der Waals surface area (Å²) < 4.78 is 18.6. The topological polar surface area (TPSA) is 54.5 Å². The summed E-state index contributed by atoms with van der Waals surface area (Å²) in [6, 6.07) is 14.6. The molecule has 7 heteroatoms. The number of nitrogens with one attached hydrogen (secondary N) is 1. The molecule has 0 unspecified atom stereocenters. The Bertz CT molecular complexity index is 1010. The van der Waals surface area contributed by atoms with Crippen molar-refractivity contribution in [3.05, 3.63) is 75.4 Å². The molecule has 0 aliphatic carbocycles. The maximum absolute atomic E-state index is 13.2. The smallest absolute Gasteiger partial charge is 0.225 e. The Balaban J connectivity index is 1.32. The van der Waals surface area contributed by atoms with Gasteiger partial charge in [-0.05, 0) is 42.3 Å². The first-order valence-electron chi connectivity index (χ1n) is 10.4. The summed E-state index contributed by atoms with van der Waals surface area (Å²) in [5.41, 5.74) is 3.91. The van der Waals surface area contributed by atoms with E-state index in [2.05, 4.69) is 39.5 Å². The normalized spacial score (nSPS) is 14.5. The zero-order valence-corrected chi connectivity index (χ0v) is 18.4. The molecule has 1 N–H and O–H groups in total. The van der Waals surface area contributed by atoms with Crippen molar-refractivity contribution in [2.75, 3.05) is 26.3 Å². The van der Waals surface area contributed by atoms with Crippen LogP contribution in [0.4, 0.5) is 4.39 Å². The van der Waals surface area contributed by atoms with E-state index in [4.69, 9.17) is 4.74 Å². The molecular formula is C24H26FN3O2S. The van der Waals surface area contributed by atoms with E-state index >= 15 is 0 Å². The number of carbonyl (C=O) groups excluding carboxylic acids is 1. The number of benzene rings is 2. The Hall–Kier alpha value is -2.61. The minimum atomic E-state index is -0.286. The van der Waals surface area contributed by atoms with Crippen LogP contribution in [0.3, 0.4) is 0 Å². The molecular weight excluding hydrogens is 413 g/mol. The number of aryl methyl sites for hydroxylation is 1. The molecule has 0 bridgehead atoms. The van der Waals surface area contributed by atoms with Crippen LogP contribution in [0, 0.1) is 12.7 Å². The number of thiazole rings is 1. The number of rotatable bonds is 7. The van der Waals surface area contributed by atoms with Crippen LogP contribution in [0.2, 0.25) is 0 Å². The van der Waals surface area contributed by atoms with Gasteiger partial charge in [0.1, 0.15) is 5.82 Å². The lowest BCUT2D eigenvalue weighted by Gasteiger charge is -2.26. The number of halogens is 1. The van der Waals surface area contributed by atoms with E-state index < -0.39 is 0 Å². The molecule has 0 atom stereocenters. The van der Waals surface area contributed by atoms with Crippen LogP contribution in [0.15, 0.2) is 48.5 Å². The van der Waals surface area contributed by atoms with Gasteiger partial charge in [-0.25, -0.2) is 9.37 Å². The lowest BCUT2D eigenvalue weighted by atomic mass is 10.1. The van der Waals surface area contributed by atoms with Gasteiger partial charge in [-0.1, -0.05) is 24.3 Å². The highest BCUT2D eigenvalue weighted by Gasteiger charge is 2.15. The van der Waals surface area contributed by atoms with Crippen molar-refractivity contribution >= 4 is 17.2 Å². The fraction of sp³-hybridized carbons (Fsp3) is 0.333. The Morgan fingerprint density at radius 1 is 1.10 bits per heavy atom. The average Bonchev–Trinajstić information content (AvgIpc) is 3.14. The lowest BCUT2D eigenvalue weighted by molar-refractivity contribution is -0.120. The van der Waals surface area contributed by atoms with Crippen LogP contribution in [0.25, 0.3) is 11.3 Å². The molecule has 1 fully saturated rings. The van der Waals surface area contributed by atoms with E-state index in [0.29, 0.717) is 6.54 Å². The van der Waals surface area contributed by atoms with E-state index in [0.717, 1.165) is 59.6 Å². The molecule has 1 aliphatic rings. The quantitative estimate of drug-likeness (QED) is 0.606. The van der Waals surface area contributed by atoms with Gasteiger partial charge in [0.15, 0.2) is 0 Å². The van der Waals surface area contributed by atoms with E-state index in [1.807, 2.05) is 6.92 Å². The fourth-order valence-electron chi connectivity index (χ4n) is 3.61. The third-order valence-corrected chi connectivity index (χ3v) is 6.24. The predicted octanol–water partition coefficient (Wildman–Crippen LogP) is 3.95. The van der Waals surface area contributed by atoms with Gasteiger partial charge in [-0.15, -0.1) is 11.3 Å². The zero-order chi connectivity index (χ0) is 21.6. The first-order valence-corrected chi connectivity index (χ1v) is 11.3. The number of ether oxygens (including phenoxy) is 1. The predicted molar refractivity (Wildman–Crippen MR) is 120 cm³/mol. The van der Waals surface area contributed by atoms with Crippen molar-refractivity contribution < 1.29 is 13.9 Å². The molecule has 0 spiro atoms. The highest BCUT2D eigenvalue weighted by atomic mass is 32.1. The van der Waals surface area contributed by atoms with Crippen molar-refractivity contribution in [3.63, 3.8) is 0 Å². The van der Waals surface area contributed by atoms with Gasteiger partial charge in [-0.2, -0.15) is 0 Å². The molecule has 4 rings (SSSR count). The third-order valence-electron chi connectivity index (χ3n) is 5.27. The highest BCUT2D eigenvalue weighted by Crippen LogP contribution is 2.28. The van der Waals surface area contributed by atoms with Crippen molar-refractivity contribution in [2.45, 2.75) is 26.4 Å². The summed E-state index contributed by atoms with van der Waals surface area (Å²) >= 11 is 1.50. The monoisotopic (exact) mass is 439 g/mol. The van der Waals surface area contributed by atoms with E-state index in [-0.39, 0.29) is 18.1 Å². The maximum atomic E-state index is 13.2. The molecule has 5 nitrogen and oxygen atoms in total. The molecule has 1 aromatic heterocycles. The molecule has 162 valence electrons. The van der Waals surface area contributed by atoms with Gasteiger partial charge in [0.05, 0.1) is 30.3 Å². The van der Waals surface area contributed by atoms with Crippen LogP contribution < -0.4 is 5.32 Å². The Morgan fingerprint density at radius 3 is 2.48 bits per heavy atom. The highest BCUT2D eigenvalue weighted by molar-refractivity contribution is 7.12. The summed E-state index contributed by atoms with van der Waals surface area (Å²) in [6.45, 7) is 6.85. The number of nitrogens with zero attached hydrogens (tertiary/aromatic N) is 2. The summed E-state index contributed by atoms with van der Waals surface area (Å²) in [5.74, 6) is -0.338. The van der Waals surface area contributed by atoms with Crippen LogP contribution in [0.5, 0.6) is 0 Å². The lowest BCUT2D eigenvalue weighted by Crippen LogP contribution is -2.35. The minimum absolute atomic E-state index is 0.0515. The molecule has 1 amide bonds. The second-order valence-corrected chi connectivity index (χ2v) is 8.96. The SMILES string of the molecule is Cc1nc(-c2ccc(F)cc2)c(CC(=O)NCc2ccc(CN3CCOCC3)cc2)s1. The van der Waals surface area contributed by atoms with E-state index in [1.54, 1.807) is 12.1 Å². The Kier molecular flexibility index (Phi) is 7.06. The number of carbonyl (C=O) groups is 1. The van der Waals surface area contributed by atoms with Gasteiger partial charge in [-0.3, -0.25) is 9.69 Å². The zero-order valence-electron chi connectivity index (χ0n) is 17.6. The molecule has 1 aliphatic heterocycles. The maximum Gasteiger partial charge on any atom is 0.225 e. The van der Waals surface area contributed by atoms with Crippen LogP contribution in [0.1, 0.15) is 21.0 Å². The standard InChI is InChI=1S/C24H26FN3O2S/c1-17-27-24(20-6-8-21(25)9-7-20)22(31-17)14-23(29)26-15-18-2-4-19(5-3-18)16-28-10-12-30-13-11-28/h2-9H,10-16H2,1H3,(H,26,29). The molecule has 0 saturated carbocycles. The van der Waals surface area contributed by atoms with Crippen molar-refractivity contribution in [3.8, 4) is 11.3 Å². The van der Waals surface area contributed by atoms with E-state index in [9.17, 15) is 9.18 Å². The van der Waals surface area contributed by atoms with Gasteiger partial charge in [0.25, 0.3) is 0 Å². The van der Waals surface area contributed by atoms with Gasteiger partial charge < -0.3 is 10.1 Å². The summed E-state index contributed by atoms with van der Waals surface area (Å²) in [7, 11) is 0. The van der Waals surface area contributed by atoms with Gasteiger partial charge in [0.2, 0.25) is 5.91 Å². The molecule has 1 saturated heterocycles. The summed E-state index contributed by atoms with van der Waals surface area (Å²) in [6.07, 6.45) is 0.257.